The van der Waals surface area contributed by atoms with Crippen LogP contribution in [0.25, 0.3) is 0 Å². The third kappa shape index (κ3) is 3.21. The summed E-state index contributed by atoms with van der Waals surface area (Å²) in [4.78, 5) is 13.1. The first-order valence-corrected chi connectivity index (χ1v) is 9.50. The first-order chi connectivity index (χ1) is 12.3. The molecule has 0 radical (unpaired) electrons. The summed E-state index contributed by atoms with van der Waals surface area (Å²) in [5, 5.41) is 2.30. The zero-order valence-corrected chi connectivity index (χ0v) is 14.7. The highest BCUT2D eigenvalue weighted by Crippen LogP contribution is 2.35. The molecule has 1 saturated heterocycles. The van der Waals surface area contributed by atoms with Gasteiger partial charge < -0.3 is 10.1 Å². The van der Waals surface area contributed by atoms with Crippen molar-refractivity contribution in [3.8, 4) is 0 Å². The van der Waals surface area contributed by atoms with Crippen LogP contribution < -0.4 is 5.32 Å². The summed E-state index contributed by atoms with van der Waals surface area (Å²) in [7, 11) is 0. The number of benzene rings is 2. The van der Waals surface area contributed by atoms with E-state index in [2.05, 4.69) is 23.5 Å². The molecule has 1 aliphatic carbocycles. The van der Waals surface area contributed by atoms with Gasteiger partial charge in [0.1, 0.15) is 5.60 Å². The SMILES string of the molecule is O=C(OC1(c2ccccc2)CC[NH2+]CC1)c1cccc2c1CCCC2. The molecule has 0 unspecified atom stereocenters. The molecule has 0 aromatic heterocycles. The number of nitrogens with two attached hydrogens (primary N) is 1. The van der Waals surface area contributed by atoms with Crippen molar-refractivity contribution < 1.29 is 14.8 Å². The molecule has 3 nitrogen and oxygen atoms in total. The number of aryl methyl sites for hydroxylation is 1. The van der Waals surface area contributed by atoms with Gasteiger partial charge in [-0.2, -0.15) is 0 Å². The number of ether oxygens (including phenoxy) is 1. The zero-order chi connectivity index (χ0) is 17.1. The van der Waals surface area contributed by atoms with Crippen molar-refractivity contribution in [1.82, 2.24) is 0 Å². The van der Waals surface area contributed by atoms with Crippen LogP contribution in [0.2, 0.25) is 0 Å². The Bertz CT molecular complexity index is 748. The number of esters is 1. The molecule has 2 aliphatic rings. The zero-order valence-electron chi connectivity index (χ0n) is 14.7. The maximum absolute atomic E-state index is 13.1. The van der Waals surface area contributed by atoms with E-state index in [4.69, 9.17) is 4.74 Å². The molecule has 0 amide bonds. The summed E-state index contributed by atoms with van der Waals surface area (Å²) in [6.07, 6.45) is 6.20. The minimum atomic E-state index is -0.482. The first kappa shape index (κ1) is 16.3. The molecule has 4 rings (SSSR count). The van der Waals surface area contributed by atoms with Gasteiger partial charge in [0.25, 0.3) is 0 Å². The largest absolute Gasteiger partial charge is 0.450 e. The molecule has 1 fully saturated rings. The van der Waals surface area contributed by atoms with Gasteiger partial charge in [0.05, 0.1) is 18.7 Å². The van der Waals surface area contributed by atoms with Gasteiger partial charge in [-0.25, -0.2) is 4.79 Å². The van der Waals surface area contributed by atoms with Crippen molar-refractivity contribution in [3.63, 3.8) is 0 Å². The number of hydrogen-bond acceptors (Lipinski definition) is 2. The van der Waals surface area contributed by atoms with Crippen molar-refractivity contribution in [1.29, 1.82) is 0 Å². The summed E-state index contributed by atoms with van der Waals surface area (Å²) < 4.78 is 6.26. The summed E-state index contributed by atoms with van der Waals surface area (Å²) in [5.74, 6) is -0.149. The van der Waals surface area contributed by atoms with Gasteiger partial charge >= 0.3 is 5.97 Å². The molecular formula is C22H26NO2+. The Morgan fingerprint density at radius 2 is 1.68 bits per heavy atom. The number of fused-ring (bicyclic) bond motifs is 1. The normalized spacial score (nSPS) is 19.0. The second kappa shape index (κ2) is 7.01. The molecule has 2 N–H and O–H groups in total. The number of carbonyl (C=O) groups is 1. The van der Waals surface area contributed by atoms with Crippen LogP contribution in [0.4, 0.5) is 0 Å². The summed E-state index contributed by atoms with van der Waals surface area (Å²) >= 11 is 0. The molecule has 25 heavy (non-hydrogen) atoms. The van der Waals surface area contributed by atoms with Gasteiger partial charge in [-0.3, -0.25) is 0 Å². The lowest BCUT2D eigenvalue weighted by Crippen LogP contribution is -2.87. The lowest BCUT2D eigenvalue weighted by Gasteiger charge is -2.36. The maximum Gasteiger partial charge on any atom is 0.339 e. The van der Waals surface area contributed by atoms with Gasteiger partial charge in [-0.1, -0.05) is 42.5 Å². The smallest absolute Gasteiger partial charge is 0.339 e. The molecule has 0 atom stereocenters. The van der Waals surface area contributed by atoms with Crippen molar-refractivity contribution in [2.45, 2.75) is 44.1 Å². The number of quaternary nitrogens is 1. The van der Waals surface area contributed by atoms with Crippen LogP contribution in [0, 0.1) is 0 Å². The molecule has 1 heterocycles. The second-order valence-electron chi connectivity index (χ2n) is 7.27. The Kier molecular flexibility index (Phi) is 4.58. The monoisotopic (exact) mass is 336 g/mol. The van der Waals surface area contributed by atoms with Crippen molar-refractivity contribution in [2.24, 2.45) is 0 Å². The lowest BCUT2D eigenvalue weighted by atomic mass is 9.84. The van der Waals surface area contributed by atoms with Crippen molar-refractivity contribution >= 4 is 5.97 Å². The van der Waals surface area contributed by atoms with Crippen LogP contribution in [-0.2, 0) is 23.2 Å². The average Bonchev–Trinajstić information content (AvgIpc) is 2.69. The van der Waals surface area contributed by atoms with Gasteiger partial charge in [-0.05, 0) is 48.4 Å². The van der Waals surface area contributed by atoms with Gasteiger partial charge in [0, 0.05) is 12.8 Å². The number of carbonyl (C=O) groups excluding carboxylic acids is 1. The fraction of sp³-hybridized carbons (Fsp3) is 0.409. The van der Waals surface area contributed by atoms with Crippen LogP contribution in [0.3, 0.4) is 0 Å². The van der Waals surface area contributed by atoms with E-state index in [1.165, 1.54) is 17.5 Å². The van der Waals surface area contributed by atoms with Gasteiger partial charge in [0.2, 0.25) is 0 Å². The van der Waals surface area contributed by atoms with E-state index >= 15 is 0 Å². The highest BCUT2D eigenvalue weighted by Gasteiger charge is 2.40. The van der Waals surface area contributed by atoms with Gasteiger partial charge in [-0.15, -0.1) is 0 Å². The van der Waals surface area contributed by atoms with Crippen LogP contribution in [-0.4, -0.2) is 19.1 Å². The second-order valence-corrected chi connectivity index (χ2v) is 7.27. The number of rotatable bonds is 3. The quantitative estimate of drug-likeness (QED) is 0.876. The van der Waals surface area contributed by atoms with E-state index in [0.29, 0.717) is 0 Å². The Morgan fingerprint density at radius 3 is 2.48 bits per heavy atom. The minimum absolute atomic E-state index is 0.149. The summed E-state index contributed by atoms with van der Waals surface area (Å²) in [5.41, 5.74) is 3.96. The van der Waals surface area contributed by atoms with E-state index in [9.17, 15) is 4.79 Å². The summed E-state index contributed by atoms with van der Waals surface area (Å²) in [6.45, 7) is 1.99. The third-order valence-corrected chi connectivity index (χ3v) is 5.71. The topological polar surface area (TPSA) is 42.9 Å². The molecule has 0 saturated carbocycles. The minimum Gasteiger partial charge on any atom is -0.450 e. The van der Waals surface area contributed by atoms with Crippen LogP contribution in [0.15, 0.2) is 48.5 Å². The van der Waals surface area contributed by atoms with Gasteiger partial charge in [0.15, 0.2) is 0 Å². The first-order valence-electron chi connectivity index (χ1n) is 9.50. The average molecular weight is 336 g/mol. The highest BCUT2D eigenvalue weighted by atomic mass is 16.6. The third-order valence-electron chi connectivity index (χ3n) is 5.71. The van der Waals surface area contributed by atoms with E-state index in [-0.39, 0.29) is 5.97 Å². The molecule has 1 aliphatic heterocycles. The predicted octanol–water partition coefficient (Wildman–Crippen LogP) is 2.97. The molecule has 0 spiro atoms. The molecule has 3 heteroatoms. The van der Waals surface area contributed by atoms with E-state index in [0.717, 1.165) is 56.3 Å². The van der Waals surface area contributed by atoms with Crippen molar-refractivity contribution in [2.75, 3.05) is 13.1 Å². The Hall–Kier alpha value is -2.13. The molecule has 0 bridgehead atoms. The highest BCUT2D eigenvalue weighted by molar-refractivity contribution is 5.92. The molecule has 2 aromatic carbocycles. The molecular weight excluding hydrogens is 310 g/mol. The lowest BCUT2D eigenvalue weighted by molar-refractivity contribution is -0.668. The van der Waals surface area contributed by atoms with Crippen molar-refractivity contribution in [3.05, 3.63) is 70.8 Å². The molecule has 2 aromatic rings. The Balaban J connectivity index is 1.66. The maximum atomic E-state index is 13.1. The van der Waals surface area contributed by atoms with E-state index in [1.54, 1.807) is 0 Å². The Labute approximate surface area is 149 Å². The predicted molar refractivity (Wildman–Crippen MR) is 97.5 cm³/mol. The standard InChI is InChI=1S/C22H25NO2/c24-21(20-12-6-8-17-7-4-5-11-19(17)20)25-22(13-15-23-16-14-22)18-9-2-1-3-10-18/h1-3,6,8-10,12,23H,4-5,7,11,13-16H2/p+1. The number of hydrogen-bond donors (Lipinski definition) is 1. The Morgan fingerprint density at radius 1 is 0.920 bits per heavy atom. The van der Waals surface area contributed by atoms with Crippen LogP contribution >= 0.6 is 0 Å². The fourth-order valence-corrected chi connectivity index (χ4v) is 4.34. The molecule has 130 valence electrons. The van der Waals surface area contributed by atoms with E-state index in [1.807, 2.05) is 30.3 Å². The van der Waals surface area contributed by atoms with Crippen LogP contribution in [0.5, 0.6) is 0 Å². The number of piperidine rings is 1. The fourth-order valence-electron chi connectivity index (χ4n) is 4.34. The van der Waals surface area contributed by atoms with E-state index < -0.39 is 5.60 Å². The van der Waals surface area contributed by atoms with Crippen LogP contribution in [0.1, 0.15) is 52.7 Å². The summed E-state index contributed by atoms with van der Waals surface area (Å²) in [6, 6.07) is 16.4.